The lowest BCUT2D eigenvalue weighted by atomic mass is 10.0. The molecule has 4 heteroatoms. The normalized spacial score (nSPS) is 12.2. The molecule has 1 unspecified atom stereocenters. The average molecular weight is 359 g/mol. The minimum Gasteiger partial charge on any atom is -0.377 e. The Balaban J connectivity index is 2.23. The van der Waals surface area contributed by atoms with E-state index in [0.29, 0.717) is 0 Å². The minimum atomic E-state index is 0.212. The third-order valence-electron chi connectivity index (χ3n) is 2.94. The summed E-state index contributed by atoms with van der Waals surface area (Å²) in [5.74, 6) is 0. The molecule has 2 rings (SSSR count). The van der Waals surface area contributed by atoms with Gasteiger partial charge < -0.3 is 5.32 Å². The maximum absolute atomic E-state index is 6.21. The quantitative estimate of drug-likeness (QED) is 0.674. The fourth-order valence-electron chi connectivity index (χ4n) is 1.91. The number of anilines is 1. The number of halogens is 3. The van der Waals surface area contributed by atoms with Crippen LogP contribution < -0.4 is 5.32 Å². The molecule has 0 aliphatic rings. The van der Waals surface area contributed by atoms with Crippen molar-refractivity contribution < 1.29 is 0 Å². The van der Waals surface area contributed by atoms with E-state index >= 15 is 0 Å². The first-order chi connectivity index (χ1) is 9.10. The summed E-state index contributed by atoms with van der Waals surface area (Å²) in [6.45, 7) is 2.14. The largest absolute Gasteiger partial charge is 0.377 e. The molecular weight excluding hydrogens is 345 g/mol. The molecule has 0 radical (unpaired) electrons. The Morgan fingerprint density at radius 2 is 1.79 bits per heavy atom. The van der Waals surface area contributed by atoms with Crippen LogP contribution in [0, 0.1) is 0 Å². The van der Waals surface area contributed by atoms with Crippen molar-refractivity contribution in [2.24, 2.45) is 0 Å². The van der Waals surface area contributed by atoms with Gasteiger partial charge in [-0.3, -0.25) is 0 Å². The summed E-state index contributed by atoms with van der Waals surface area (Å²) in [6, 6.07) is 13.9. The Morgan fingerprint density at radius 1 is 1.11 bits per heavy atom. The van der Waals surface area contributed by atoms with Gasteiger partial charge in [0.05, 0.1) is 16.8 Å². The molecule has 19 heavy (non-hydrogen) atoms. The SMILES string of the molecule is CCC(Nc1cc(Br)ccc1Cl)c1ccc(Cl)cc1. The predicted octanol–water partition coefficient (Wildman–Crippen LogP) is 6.32. The van der Waals surface area contributed by atoms with Gasteiger partial charge in [-0.2, -0.15) is 0 Å². The second-order valence-corrected chi connectivity index (χ2v) is 6.04. The maximum atomic E-state index is 6.21. The molecule has 0 amide bonds. The molecule has 0 saturated carbocycles. The van der Waals surface area contributed by atoms with Crippen LogP contribution in [0.15, 0.2) is 46.9 Å². The van der Waals surface area contributed by atoms with E-state index in [4.69, 9.17) is 23.2 Å². The minimum absolute atomic E-state index is 0.212. The molecule has 0 aromatic heterocycles. The Bertz CT molecular complexity index is 555. The van der Waals surface area contributed by atoms with Gasteiger partial charge in [0.15, 0.2) is 0 Å². The van der Waals surface area contributed by atoms with Gasteiger partial charge in [0.1, 0.15) is 0 Å². The topological polar surface area (TPSA) is 12.0 Å². The standard InChI is InChI=1S/C15H14BrCl2N/c1-2-14(10-3-6-12(17)7-4-10)19-15-9-11(16)5-8-13(15)18/h3-9,14,19H,2H2,1H3. The van der Waals surface area contributed by atoms with Gasteiger partial charge >= 0.3 is 0 Å². The highest BCUT2D eigenvalue weighted by atomic mass is 79.9. The van der Waals surface area contributed by atoms with E-state index in [1.54, 1.807) is 0 Å². The molecule has 0 aliphatic carbocycles. The molecule has 0 spiro atoms. The number of nitrogens with one attached hydrogen (secondary N) is 1. The molecule has 0 saturated heterocycles. The lowest BCUT2D eigenvalue weighted by molar-refractivity contribution is 0.749. The van der Waals surface area contributed by atoms with E-state index in [9.17, 15) is 0 Å². The summed E-state index contributed by atoms with van der Waals surface area (Å²) in [6.07, 6.45) is 0.963. The summed E-state index contributed by atoms with van der Waals surface area (Å²) in [5.41, 5.74) is 2.13. The fraction of sp³-hybridized carbons (Fsp3) is 0.200. The van der Waals surface area contributed by atoms with Crippen molar-refractivity contribution in [3.05, 3.63) is 62.5 Å². The van der Waals surface area contributed by atoms with Crippen molar-refractivity contribution in [1.82, 2.24) is 0 Å². The zero-order chi connectivity index (χ0) is 13.8. The zero-order valence-corrected chi connectivity index (χ0v) is 13.6. The zero-order valence-electron chi connectivity index (χ0n) is 10.5. The number of rotatable bonds is 4. The predicted molar refractivity (Wildman–Crippen MR) is 87.3 cm³/mol. The van der Waals surface area contributed by atoms with Crippen LogP contribution in [-0.4, -0.2) is 0 Å². The maximum Gasteiger partial charge on any atom is 0.0638 e. The molecule has 2 aromatic rings. The van der Waals surface area contributed by atoms with E-state index in [1.807, 2.05) is 42.5 Å². The highest BCUT2D eigenvalue weighted by Crippen LogP contribution is 2.30. The summed E-state index contributed by atoms with van der Waals surface area (Å²) in [7, 11) is 0. The van der Waals surface area contributed by atoms with Crippen LogP contribution in [0.1, 0.15) is 24.9 Å². The first-order valence-corrected chi connectivity index (χ1v) is 7.62. The van der Waals surface area contributed by atoms with Crippen LogP contribution in [0.4, 0.5) is 5.69 Å². The van der Waals surface area contributed by atoms with Gasteiger partial charge in [-0.15, -0.1) is 0 Å². The Kier molecular flexibility index (Phi) is 5.14. The molecular formula is C15H14BrCl2N. The molecule has 0 fully saturated rings. The molecule has 0 bridgehead atoms. The van der Waals surface area contributed by atoms with Crippen LogP contribution in [-0.2, 0) is 0 Å². The Morgan fingerprint density at radius 3 is 2.42 bits per heavy atom. The number of hydrogen-bond acceptors (Lipinski definition) is 1. The molecule has 1 atom stereocenters. The van der Waals surface area contributed by atoms with Crippen molar-refractivity contribution in [1.29, 1.82) is 0 Å². The third kappa shape index (κ3) is 3.88. The molecule has 1 nitrogen and oxygen atoms in total. The van der Waals surface area contributed by atoms with Gasteiger partial charge in [-0.05, 0) is 42.3 Å². The second-order valence-electron chi connectivity index (χ2n) is 4.28. The van der Waals surface area contributed by atoms with Crippen molar-refractivity contribution in [2.45, 2.75) is 19.4 Å². The molecule has 100 valence electrons. The Hall–Kier alpha value is -0.700. The number of hydrogen-bond donors (Lipinski definition) is 1. The Labute approximate surface area is 132 Å². The highest BCUT2D eigenvalue weighted by Gasteiger charge is 2.11. The van der Waals surface area contributed by atoms with Crippen molar-refractivity contribution in [3.63, 3.8) is 0 Å². The van der Waals surface area contributed by atoms with Gasteiger partial charge in [-0.25, -0.2) is 0 Å². The van der Waals surface area contributed by atoms with E-state index < -0.39 is 0 Å². The molecule has 2 aromatic carbocycles. The summed E-state index contributed by atoms with van der Waals surface area (Å²) >= 11 is 15.6. The van der Waals surface area contributed by atoms with Crippen molar-refractivity contribution in [3.8, 4) is 0 Å². The lowest BCUT2D eigenvalue weighted by Gasteiger charge is -2.20. The van der Waals surface area contributed by atoms with Gasteiger partial charge in [0.2, 0.25) is 0 Å². The van der Waals surface area contributed by atoms with Gasteiger partial charge in [0, 0.05) is 9.50 Å². The molecule has 1 N–H and O–H groups in total. The van der Waals surface area contributed by atoms with E-state index in [0.717, 1.165) is 26.6 Å². The molecule has 0 heterocycles. The fourth-order valence-corrected chi connectivity index (χ4v) is 2.57. The van der Waals surface area contributed by atoms with E-state index in [-0.39, 0.29) is 6.04 Å². The van der Waals surface area contributed by atoms with E-state index in [1.165, 1.54) is 5.56 Å². The summed E-state index contributed by atoms with van der Waals surface area (Å²) < 4.78 is 1.00. The average Bonchev–Trinajstić information content (AvgIpc) is 2.41. The first-order valence-electron chi connectivity index (χ1n) is 6.07. The van der Waals surface area contributed by atoms with E-state index in [2.05, 4.69) is 28.2 Å². The van der Waals surface area contributed by atoms with Crippen LogP contribution in [0.3, 0.4) is 0 Å². The van der Waals surface area contributed by atoms with Gasteiger partial charge in [-0.1, -0.05) is 58.2 Å². The van der Waals surface area contributed by atoms with Crippen LogP contribution in [0.25, 0.3) is 0 Å². The second kappa shape index (κ2) is 6.65. The smallest absolute Gasteiger partial charge is 0.0638 e. The van der Waals surface area contributed by atoms with Crippen LogP contribution in [0.2, 0.25) is 10.0 Å². The highest BCUT2D eigenvalue weighted by molar-refractivity contribution is 9.10. The monoisotopic (exact) mass is 357 g/mol. The van der Waals surface area contributed by atoms with Crippen molar-refractivity contribution in [2.75, 3.05) is 5.32 Å². The molecule has 0 aliphatic heterocycles. The summed E-state index contributed by atoms with van der Waals surface area (Å²) in [4.78, 5) is 0. The van der Waals surface area contributed by atoms with Crippen LogP contribution in [0.5, 0.6) is 0 Å². The lowest BCUT2D eigenvalue weighted by Crippen LogP contribution is -2.09. The summed E-state index contributed by atoms with van der Waals surface area (Å²) in [5, 5.41) is 4.94. The van der Waals surface area contributed by atoms with Crippen molar-refractivity contribution >= 4 is 44.8 Å². The number of benzene rings is 2. The van der Waals surface area contributed by atoms with Crippen LogP contribution >= 0.6 is 39.1 Å². The third-order valence-corrected chi connectivity index (χ3v) is 4.01. The van der Waals surface area contributed by atoms with Gasteiger partial charge in [0.25, 0.3) is 0 Å². The first kappa shape index (κ1) is 14.7.